The number of aliphatic hydroxyl groups is 1. The van der Waals surface area contributed by atoms with Crippen molar-refractivity contribution >= 4 is 0 Å². The van der Waals surface area contributed by atoms with E-state index in [9.17, 15) is 13.9 Å². The average Bonchev–Trinajstić information content (AvgIpc) is 2.97. The van der Waals surface area contributed by atoms with Crippen molar-refractivity contribution in [3.8, 4) is 0 Å². The van der Waals surface area contributed by atoms with Crippen molar-refractivity contribution in [3.05, 3.63) is 0 Å². The third-order valence-corrected chi connectivity index (χ3v) is 4.07. The molecule has 14 heavy (non-hydrogen) atoms. The Morgan fingerprint density at radius 1 is 1.21 bits per heavy atom. The molecular formula is C10H15F2NO. The molecule has 0 aromatic carbocycles. The maximum absolute atomic E-state index is 13.0. The molecule has 1 aliphatic heterocycles. The molecule has 3 unspecified atom stereocenters. The molecule has 3 aliphatic rings. The third kappa shape index (κ3) is 1.20. The molecule has 2 saturated carbocycles. The zero-order chi connectivity index (χ0) is 9.97. The van der Waals surface area contributed by atoms with E-state index in [0.717, 1.165) is 12.8 Å². The Morgan fingerprint density at radius 2 is 1.86 bits per heavy atom. The highest BCUT2D eigenvalue weighted by Gasteiger charge is 2.67. The fourth-order valence-corrected chi connectivity index (χ4v) is 2.96. The molecule has 0 aromatic rings. The quantitative estimate of drug-likeness (QED) is 0.670. The van der Waals surface area contributed by atoms with Gasteiger partial charge in [-0.1, -0.05) is 0 Å². The van der Waals surface area contributed by atoms with Gasteiger partial charge in [0.2, 0.25) is 0 Å². The second-order valence-corrected chi connectivity index (χ2v) is 5.10. The Balaban J connectivity index is 1.76. The number of rotatable bonds is 1. The van der Waals surface area contributed by atoms with Crippen LogP contribution in [0.2, 0.25) is 0 Å². The predicted molar refractivity (Wildman–Crippen MR) is 47.1 cm³/mol. The lowest BCUT2D eigenvalue weighted by Gasteiger charge is -2.36. The van der Waals surface area contributed by atoms with E-state index in [1.54, 1.807) is 0 Å². The summed E-state index contributed by atoms with van der Waals surface area (Å²) < 4.78 is 25.9. The van der Waals surface area contributed by atoms with Crippen LogP contribution >= 0.6 is 0 Å². The Hall–Kier alpha value is -0.220. The number of piperidine rings is 1. The van der Waals surface area contributed by atoms with Crippen molar-refractivity contribution in [3.63, 3.8) is 0 Å². The first-order chi connectivity index (χ1) is 6.54. The van der Waals surface area contributed by atoms with Crippen LogP contribution in [0.1, 0.15) is 25.7 Å². The monoisotopic (exact) mass is 203 g/mol. The van der Waals surface area contributed by atoms with Gasteiger partial charge in [-0.25, -0.2) is 8.78 Å². The molecule has 0 aromatic heterocycles. The van der Waals surface area contributed by atoms with Gasteiger partial charge in [-0.2, -0.15) is 0 Å². The Kier molecular flexibility index (Phi) is 1.60. The Labute approximate surface area is 81.7 Å². The highest BCUT2D eigenvalue weighted by atomic mass is 19.3. The van der Waals surface area contributed by atoms with Gasteiger partial charge in [-0.3, -0.25) is 0 Å². The summed E-state index contributed by atoms with van der Waals surface area (Å²) in [5.41, 5.74) is -0.0240. The topological polar surface area (TPSA) is 32.3 Å². The van der Waals surface area contributed by atoms with Gasteiger partial charge in [-0.15, -0.1) is 0 Å². The van der Waals surface area contributed by atoms with Gasteiger partial charge in [0.1, 0.15) is 0 Å². The fourth-order valence-electron chi connectivity index (χ4n) is 2.96. The third-order valence-electron chi connectivity index (χ3n) is 4.07. The highest BCUT2D eigenvalue weighted by Crippen LogP contribution is 2.62. The minimum Gasteiger partial charge on any atom is -0.392 e. The molecule has 1 heterocycles. The highest BCUT2D eigenvalue weighted by molar-refractivity contribution is 5.16. The number of nitrogens with one attached hydrogen (secondary N) is 1. The molecule has 80 valence electrons. The number of hydrogen-bond donors (Lipinski definition) is 2. The molecule has 3 fully saturated rings. The van der Waals surface area contributed by atoms with Crippen molar-refractivity contribution in [1.82, 2.24) is 5.32 Å². The van der Waals surface area contributed by atoms with Gasteiger partial charge in [0.15, 0.2) is 0 Å². The van der Waals surface area contributed by atoms with Gasteiger partial charge >= 0.3 is 0 Å². The lowest BCUT2D eigenvalue weighted by atomic mass is 9.83. The smallest absolute Gasteiger partial charge is 0.251 e. The second kappa shape index (κ2) is 2.47. The van der Waals surface area contributed by atoms with E-state index in [-0.39, 0.29) is 17.9 Å². The molecule has 0 radical (unpaired) electrons. The van der Waals surface area contributed by atoms with Crippen molar-refractivity contribution in [2.75, 3.05) is 6.54 Å². The molecule has 1 spiro atoms. The lowest BCUT2D eigenvalue weighted by molar-refractivity contribution is 0.0328. The summed E-state index contributed by atoms with van der Waals surface area (Å²) in [6.07, 6.45) is 2.19. The molecule has 1 saturated heterocycles. The molecule has 3 rings (SSSR count). The van der Waals surface area contributed by atoms with E-state index in [2.05, 4.69) is 5.32 Å². The maximum atomic E-state index is 13.0. The van der Waals surface area contributed by atoms with Crippen LogP contribution in [-0.4, -0.2) is 29.2 Å². The van der Waals surface area contributed by atoms with Crippen LogP contribution < -0.4 is 5.32 Å². The van der Waals surface area contributed by atoms with E-state index in [1.807, 2.05) is 0 Å². The summed E-state index contributed by atoms with van der Waals surface area (Å²) in [4.78, 5) is 0. The van der Waals surface area contributed by atoms with Gasteiger partial charge in [0, 0.05) is 24.4 Å². The van der Waals surface area contributed by atoms with E-state index in [0.29, 0.717) is 13.0 Å². The number of β-amino-alcohol motifs (C(OH)–C–C–N with tert-alkyl or cyclic N) is 1. The first-order valence-electron chi connectivity index (χ1n) is 5.34. The van der Waals surface area contributed by atoms with Crippen molar-refractivity contribution < 1.29 is 13.9 Å². The molecule has 4 heteroatoms. The fraction of sp³-hybridized carbons (Fsp3) is 1.00. The summed E-state index contributed by atoms with van der Waals surface area (Å²) in [7, 11) is 0. The Morgan fingerprint density at radius 3 is 2.36 bits per heavy atom. The molecule has 0 amide bonds. The van der Waals surface area contributed by atoms with Crippen LogP contribution in [0.15, 0.2) is 0 Å². The van der Waals surface area contributed by atoms with E-state index in [4.69, 9.17) is 0 Å². The van der Waals surface area contributed by atoms with E-state index >= 15 is 0 Å². The van der Waals surface area contributed by atoms with E-state index in [1.165, 1.54) is 0 Å². The van der Waals surface area contributed by atoms with Gasteiger partial charge in [-0.05, 0) is 25.2 Å². The van der Waals surface area contributed by atoms with Crippen LogP contribution in [0.3, 0.4) is 0 Å². The zero-order valence-electron chi connectivity index (χ0n) is 7.97. The van der Waals surface area contributed by atoms with Gasteiger partial charge < -0.3 is 10.4 Å². The van der Waals surface area contributed by atoms with Crippen LogP contribution in [0.4, 0.5) is 8.78 Å². The summed E-state index contributed by atoms with van der Waals surface area (Å²) in [5, 5.41) is 12.7. The van der Waals surface area contributed by atoms with Gasteiger partial charge in [0.05, 0.1) is 6.10 Å². The minimum atomic E-state index is -2.45. The van der Waals surface area contributed by atoms with E-state index < -0.39 is 17.9 Å². The normalized spacial score (nSPS) is 47.8. The molecule has 2 aliphatic carbocycles. The number of hydrogen-bond acceptors (Lipinski definition) is 2. The van der Waals surface area contributed by atoms with Crippen LogP contribution in [0.25, 0.3) is 0 Å². The number of alkyl halides is 2. The summed E-state index contributed by atoms with van der Waals surface area (Å²) in [5.74, 6) is -2.91. The van der Waals surface area contributed by atoms with Crippen LogP contribution in [0.5, 0.6) is 0 Å². The lowest BCUT2D eigenvalue weighted by Crippen LogP contribution is -2.50. The van der Waals surface area contributed by atoms with Crippen LogP contribution in [-0.2, 0) is 0 Å². The predicted octanol–water partition coefficient (Wildman–Crippen LogP) is 1.14. The van der Waals surface area contributed by atoms with Gasteiger partial charge in [0.25, 0.3) is 5.92 Å². The van der Waals surface area contributed by atoms with Crippen LogP contribution in [0, 0.1) is 11.8 Å². The van der Waals surface area contributed by atoms with Crippen molar-refractivity contribution in [2.45, 2.75) is 43.2 Å². The Bertz CT molecular complexity index is 265. The first kappa shape index (κ1) is 9.04. The largest absolute Gasteiger partial charge is 0.392 e. The first-order valence-corrected chi connectivity index (χ1v) is 5.34. The molecule has 0 bridgehead atoms. The number of aliphatic hydroxyl groups excluding tert-OH is 1. The zero-order valence-corrected chi connectivity index (χ0v) is 7.97. The second-order valence-electron chi connectivity index (χ2n) is 5.10. The number of halogens is 2. The molecule has 3 atom stereocenters. The average molecular weight is 203 g/mol. The maximum Gasteiger partial charge on any atom is 0.251 e. The summed E-state index contributed by atoms with van der Waals surface area (Å²) in [6.45, 7) is 0.578. The molecule has 2 nitrogen and oxygen atoms in total. The summed E-state index contributed by atoms with van der Waals surface area (Å²) in [6, 6.07) is 0. The van der Waals surface area contributed by atoms with Crippen molar-refractivity contribution in [2.24, 2.45) is 11.8 Å². The SMILES string of the molecule is OC1CNC2(CC2)C(C2CC2(F)F)C1. The minimum absolute atomic E-state index is 0.00116. The standard InChI is InChI=1S/C10H15F2NO/c11-10(12)4-8(10)7-3-6(14)5-13-9(7)1-2-9/h6-8,13-14H,1-5H2. The summed E-state index contributed by atoms with van der Waals surface area (Å²) >= 11 is 0. The van der Waals surface area contributed by atoms with Crippen molar-refractivity contribution in [1.29, 1.82) is 0 Å². The molecule has 2 N–H and O–H groups in total. The molecular weight excluding hydrogens is 188 g/mol.